The zero-order valence-electron chi connectivity index (χ0n) is 14.5. The van der Waals surface area contributed by atoms with Crippen LogP contribution in [-0.2, 0) is 22.5 Å². The highest BCUT2D eigenvalue weighted by atomic mass is 16.5. The van der Waals surface area contributed by atoms with Gasteiger partial charge in [-0.05, 0) is 48.4 Å². The molecule has 1 amide bonds. The number of aromatic hydroxyl groups is 4. The lowest BCUT2D eigenvalue weighted by Gasteiger charge is -2.35. The summed E-state index contributed by atoms with van der Waals surface area (Å²) in [7, 11) is 0. The number of phenols is 4. The Bertz CT molecular complexity index is 909. The van der Waals surface area contributed by atoms with Crippen LogP contribution in [-0.4, -0.2) is 49.9 Å². The summed E-state index contributed by atoms with van der Waals surface area (Å²) in [6.07, 6.45) is 0.109. The molecule has 8 heteroatoms. The van der Waals surface area contributed by atoms with Crippen molar-refractivity contribution < 1.29 is 34.8 Å². The summed E-state index contributed by atoms with van der Waals surface area (Å²) in [6.45, 7) is 1.81. The number of ether oxygens (including phenoxy) is 1. The lowest BCUT2D eigenvalue weighted by Crippen LogP contribution is -2.49. The van der Waals surface area contributed by atoms with E-state index in [9.17, 15) is 30.0 Å². The maximum absolute atomic E-state index is 13.0. The third kappa shape index (κ3) is 3.46. The second-order valence-electron chi connectivity index (χ2n) is 6.22. The van der Waals surface area contributed by atoms with Gasteiger partial charge in [0.25, 0.3) is 5.91 Å². The van der Waals surface area contributed by atoms with Crippen LogP contribution in [0.2, 0.25) is 0 Å². The number of fused-ring (bicyclic) bond motifs is 1. The smallest absolute Gasteiger partial charge is 0.329 e. The molecule has 1 aliphatic heterocycles. The van der Waals surface area contributed by atoms with E-state index in [1.807, 2.05) is 0 Å². The Labute approximate surface area is 154 Å². The minimum atomic E-state index is -0.926. The monoisotopic (exact) mass is 373 g/mol. The Morgan fingerprint density at radius 2 is 1.63 bits per heavy atom. The quantitative estimate of drug-likeness (QED) is 0.476. The fourth-order valence-corrected chi connectivity index (χ4v) is 3.10. The van der Waals surface area contributed by atoms with Gasteiger partial charge in [0.2, 0.25) is 0 Å². The summed E-state index contributed by atoms with van der Waals surface area (Å²) < 4.78 is 5.08. The number of rotatable bonds is 3. The van der Waals surface area contributed by atoms with Crippen molar-refractivity contribution in [3.8, 4) is 23.0 Å². The SMILES string of the molecule is CCOC(=O)[C@@H]1Cc2cc(O)c(O)cc2CN1C(=O)c1ccc(O)c(O)c1. The number of nitrogens with zero attached hydrogens (tertiary/aromatic N) is 1. The van der Waals surface area contributed by atoms with E-state index in [2.05, 4.69) is 0 Å². The molecule has 0 spiro atoms. The van der Waals surface area contributed by atoms with E-state index in [-0.39, 0.29) is 42.4 Å². The second-order valence-corrected chi connectivity index (χ2v) is 6.22. The molecular weight excluding hydrogens is 354 g/mol. The number of amides is 1. The predicted molar refractivity (Wildman–Crippen MR) is 93.5 cm³/mol. The van der Waals surface area contributed by atoms with Gasteiger partial charge < -0.3 is 30.1 Å². The van der Waals surface area contributed by atoms with Gasteiger partial charge in [-0.3, -0.25) is 4.79 Å². The number of phenolic OH excluding ortho intramolecular Hbond substituents is 4. The Hall–Kier alpha value is -3.42. The maximum Gasteiger partial charge on any atom is 0.329 e. The van der Waals surface area contributed by atoms with Crippen molar-refractivity contribution in [2.24, 2.45) is 0 Å². The van der Waals surface area contributed by atoms with Crippen molar-refractivity contribution in [1.29, 1.82) is 0 Å². The van der Waals surface area contributed by atoms with Gasteiger partial charge in [-0.15, -0.1) is 0 Å². The van der Waals surface area contributed by atoms with Crippen molar-refractivity contribution in [2.45, 2.75) is 25.9 Å². The van der Waals surface area contributed by atoms with Gasteiger partial charge in [-0.2, -0.15) is 0 Å². The summed E-state index contributed by atoms with van der Waals surface area (Å²) in [5.74, 6) is -2.57. The number of hydrogen-bond donors (Lipinski definition) is 4. The van der Waals surface area contributed by atoms with Crippen LogP contribution in [0.25, 0.3) is 0 Å². The highest BCUT2D eigenvalue weighted by Crippen LogP contribution is 2.34. The molecule has 0 aliphatic carbocycles. The first-order chi connectivity index (χ1) is 12.8. The molecule has 142 valence electrons. The van der Waals surface area contributed by atoms with Crippen LogP contribution in [0.15, 0.2) is 30.3 Å². The molecule has 0 aromatic heterocycles. The summed E-state index contributed by atoms with van der Waals surface area (Å²) in [6, 6.07) is 5.42. The third-order valence-electron chi connectivity index (χ3n) is 4.47. The van der Waals surface area contributed by atoms with E-state index in [0.29, 0.717) is 11.1 Å². The summed E-state index contributed by atoms with van der Waals surface area (Å²) in [4.78, 5) is 26.6. The second kappa shape index (κ2) is 7.06. The van der Waals surface area contributed by atoms with Crippen LogP contribution in [0.1, 0.15) is 28.4 Å². The molecule has 0 bridgehead atoms. The Morgan fingerprint density at radius 1 is 1.00 bits per heavy atom. The van der Waals surface area contributed by atoms with E-state index in [1.165, 1.54) is 29.2 Å². The highest BCUT2D eigenvalue weighted by molar-refractivity contribution is 5.97. The molecule has 2 aromatic rings. The zero-order chi connectivity index (χ0) is 19.7. The van der Waals surface area contributed by atoms with Gasteiger partial charge in [0.1, 0.15) is 6.04 Å². The van der Waals surface area contributed by atoms with Gasteiger partial charge in [-0.25, -0.2) is 4.79 Å². The van der Waals surface area contributed by atoms with E-state index in [1.54, 1.807) is 6.92 Å². The first kappa shape index (κ1) is 18.4. The molecule has 0 fully saturated rings. The number of benzene rings is 2. The zero-order valence-corrected chi connectivity index (χ0v) is 14.5. The molecule has 4 N–H and O–H groups in total. The first-order valence-corrected chi connectivity index (χ1v) is 8.35. The largest absolute Gasteiger partial charge is 0.504 e. The molecule has 0 radical (unpaired) electrons. The molecule has 1 atom stereocenters. The molecule has 0 saturated carbocycles. The maximum atomic E-state index is 13.0. The molecule has 0 unspecified atom stereocenters. The Kier molecular flexibility index (Phi) is 4.81. The van der Waals surface area contributed by atoms with Crippen LogP contribution in [0.4, 0.5) is 0 Å². The normalized spacial score (nSPS) is 15.9. The predicted octanol–water partition coefficient (Wildman–Crippen LogP) is 1.64. The van der Waals surface area contributed by atoms with Gasteiger partial charge in [0, 0.05) is 18.5 Å². The minimum absolute atomic E-state index is 0.00707. The van der Waals surface area contributed by atoms with Crippen molar-refractivity contribution >= 4 is 11.9 Å². The lowest BCUT2D eigenvalue weighted by molar-refractivity contribution is -0.149. The van der Waals surface area contributed by atoms with Gasteiger partial charge in [-0.1, -0.05) is 0 Å². The fourth-order valence-electron chi connectivity index (χ4n) is 3.10. The fraction of sp³-hybridized carbons (Fsp3) is 0.263. The molecule has 0 saturated heterocycles. The molecule has 1 aliphatic rings. The number of carbonyl (C=O) groups is 2. The Balaban J connectivity index is 2.00. The average Bonchev–Trinajstić information content (AvgIpc) is 2.63. The molecule has 3 rings (SSSR count). The minimum Gasteiger partial charge on any atom is -0.504 e. The number of esters is 1. The van der Waals surface area contributed by atoms with Gasteiger partial charge >= 0.3 is 5.97 Å². The molecule has 1 heterocycles. The third-order valence-corrected chi connectivity index (χ3v) is 4.47. The van der Waals surface area contributed by atoms with Crippen molar-refractivity contribution in [3.63, 3.8) is 0 Å². The molecular formula is C19H19NO7. The van der Waals surface area contributed by atoms with Crippen LogP contribution in [0, 0.1) is 0 Å². The topological polar surface area (TPSA) is 128 Å². The lowest BCUT2D eigenvalue weighted by atomic mass is 9.92. The van der Waals surface area contributed by atoms with Crippen molar-refractivity contribution in [2.75, 3.05) is 6.61 Å². The van der Waals surface area contributed by atoms with Crippen LogP contribution in [0.3, 0.4) is 0 Å². The summed E-state index contributed by atoms with van der Waals surface area (Å²) in [5, 5.41) is 38.5. The van der Waals surface area contributed by atoms with E-state index < -0.39 is 23.7 Å². The highest BCUT2D eigenvalue weighted by Gasteiger charge is 2.36. The Morgan fingerprint density at radius 3 is 2.26 bits per heavy atom. The number of carbonyl (C=O) groups excluding carboxylic acids is 2. The molecule has 8 nitrogen and oxygen atoms in total. The van der Waals surface area contributed by atoms with Gasteiger partial charge in [0.05, 0.1) is 6.61 Å². The summed E-state index contributed by atoms with van der Waals surface area (Å²) >= 11 is 0. The van der Waals surface area contributed by atoms with Crippen LogP contribution < -0.4 is 0 Å². The summed E-state index contributed by atoms with van der Waals surface area (Å²) in [5.41, 5.74) is 1.30. The molecule has 2 aromatic carbocycles. The van der Waals surface area contributed by atoms with E-state index >= 15 is 0 Å². The van der Waals surface area contributed by atoms with Gasteiger partial charge in [0.15, 0.2) is 23.0 Å². The van der Waals surface area contributed by atoms with E-state index in [0.717, 1.165) is 6.07 Å². The van der Waals surface area contributed by atoms with Crippen LogP contribution >= 0.6 is 0 Å². The molecule has 27 heavy (non-hydrogen) atoms. The van der Waals surface area contributed by atoms with E-state index in [4.69, 9.17) is 4.74 Å². The first-order valence-electron chi connectivity index (χ1n) is 8.35. The average molecular weight is 373 g/mol. The van der Waals surface area contributed by atoms with Crippen molar-refractivity contribution in [1.82, 2.24) is 4.90 Å². The standard InChI is InChI=1S/C19H19NO7/c1-2-27-19(26)13-5-11-7-16(23)17(24)8-12(11)9-20(13)18(25)10-3-4-14(21)15(22)6-10/h3-4,6-8,13,21-24H,2,5,9H2,1H3/t13-/m0/s1. The number of hydrogen-bond acceptors (Lipinski definition) is 7. The van der Waals surface area contributed by atoms with Crippen LogP contribution in [0.5, 0.6) is 23.0 Å². The van der Waals surface area contributed by atoms with Crippen molar-refractivity contribution in [3.05, 3.63) is 47.0 Å².